The molecule has 14 heavy (non-hydrogen) atoms. The van der Waals surface area contributed by atoms with E-state index in [2.05, 4.69) is 0 Å². The predicted octanol–water partition coefficient (Wildman–Crippen LogP) is 2.15. The predicted molar refractivity (Wildman–Crippen MR) is 45.4 cm³/mol. The van der Waals surface area contributed by atoms with Crippen molar-refractivity contribution in [1.29, 1.82) is 0 Å². The van der Waals surface area contributed by atoms with Gasteiger partial charge < -0.3 is 4.90 Å². The molecule has 0 aliphatic heterocycles. The smallest absolute Gasteiger partial charge is 0.335 e. The van der Waals surface area contributed by atoms with Gasteiger partial charge in [0, 0.05) is 13.1 Å². The zero-order valence-electron chi connectivity index (χ0n) is 7.97. The number of hydrogen-bond donors (Lipinski definition) is 0. The van der Waals surface area contributed by atoms with Gasteiger partial charge in [-0.15, -0.1) is 0 Å². The molecular formula is C9H13F3NO. The molecule has 1 rings (SSSR count). The minimum atomic E-state index is -4.74. The summed E-state index contributed by atoms with van der Waals surface area (Å²) in [5.74, 6) is -1.73. The van der Waals surface area contributed by atoms with Crippen molar-refractivity contribution >= 4 is 5.91 Å². The normalized spacial score (nSPS) is 19.4. The Labute approximate surface area is 81.1 Å². The van der Waals surface area contributed by atoms with Crippen molar-refractivity contribution < 1.29 is 18.0 Å². The van der Waals surface area contributed by atoms with Crippen LogP contribution >= 0.6 is 0 Å². The summed E-state index contributed by atoms with van der Waals surface area (Å²) in [5.41, 5.74) is 0. The lowest BCUT2D eigenvalue weighted by Gasteiger charge is -2.31. The lowest BCUT2D eigenvalue weighted by molar-refractivity contribution is -0.186. The van der Waals surface area contributed by atoms with E-state index in [0.29, 0.717) is 12.8 Å². The van der Waals surface area contributed by atoms with Gasteiger partial charge in [0.1, 0.15) is 0 Å². The number of rotatable bonds is 1. The molecule has 0 aromatic heterocycles. The Bertz CT molecular complexity index is 209. The molecule has 1 amide bonds. The topological polar surface area (TPSA) is 20.3 Å². The molecule has 1 aliphatic carbocycles. The summed E-state index contributed by atoms with van der Waals surface area (Å²) in [5, 5.41) is 0. The maximum absolute atomic E-state index is 12.1. The molecule has 1 fully saturated rings. The molecule has 5 heteroatoms. The molecule has 0 saturated heterocycles. The Kier molecular flexibility index (Phi) is 3.39. The first-order valence-corrected chi connectivity index (χ1v) is 4.58. The summed E-state index contributed by atoms with van der Waals surface area (Å²) in [4.78, 5) is 11.7. The number of alkyl halides is 3. The highest BCUT2D eigenvalue weighted by molar-refractivity contribution is 5.81. The SMILES string of the molecule is CN(C(=O)C(F)(F)F)C1CC[CH]CC1. The highest BCUT2D eigenvalue weighted by Crippen LogP contribution is 2.25. The first kappa shape index (κ1) is 11.3. The largest absolute Gasteiger partial charge is 0.471 e. The lowest BCUT2D eigenvalue weighted by Crippen LogP contribution is -2.45. The Morgan fingerprint density at radius 3 is 2.29 bits per heavy atom. The number of hydrogen-bond acceptors (Lipinski definition) is 1. The highest BCUT2D eigenvalue weighted by Gasteiger charge is 2.43. The molecule has 0 spiro atoms. The van der Waals surface area contributed by atoms with Crippen LogP contribution in [0.15, 0.2) is 0 Å². The van der Waals surface area contributed by atoms with E-state index in [9.17, 15) is 18.0 Å². The maximum atomic E-state index is 12.1. The van der Waals surface area contributed by atoms with Crippen molar-refractivity contribution in [2.45, 2.75) is 37.9 Å². The zero-order valence-corrected chi connectivity index (χ0v) is 7.97. The lowest BCUT2D eigenvalue weighted by atomic mass is 9.94. The molecule has 1 radical (unpaired) electrons. The third-order valence-corrected chi connectivity index (χ3v) is 2.52. The summed E-state index contributed by atoms with van der Waals surface area (Å²) in [6, 6.07) is -0.255. The molecule has 1 saturated carbocycles. The van der Waals surface area contributed by atoms with Gasteiger partial charge in [0.15, 0.2) is 0 Å². The fraction of sp³-hybridized carbons (Fsp3) is 0.778. The van der Waals surface area contributed by atoms with Crippen LogP contribution in [0.2, 0.25) is 0 Å². The summed E-state index contributed by atoms with van der Waals surface area (Å²) >= 11 is 0. The van der Waals surface area contributed by atoms with Crippen LogP contribution in [0.3, 0.4) is 0 Å². The standard InChI is InChI=1S/C9H13F3NO/c1-13(8(14)9(10,11)12)7-5-3-2-4-6-7/h2,7H,3-6H2,1H3. The molecule has 81 valence electrons. The van der Waals surface area contributed by atoms with Gasteiger partial charge in [-0.2, -0.15) is 13.2 Å². The van der Waals surface area contributed by atoms with Gasteiger partial charge in [-0.25, -0.2) is 0 Å². The molecular weight excluding hydrogens is 195 g/mol. The number of carbonyl (C=O) groups excluding carboxylic acids is 1. The van der Waals surface area contributed by atoms with Gasteiger partial charge in [-0.3, -0.25) is 4.79 Å². The Hall–Kier alpha value is -0.740. The van der Waals surface area contributed by atoms with Gasteiger partial charge in [0.2, 0.25) is 0 Å². The van der Waals surface area contributed by atoms with Gasteiger partial charge in [0.25, 0.3) is 0 Å². The van der Waals surface area contributed by atoms with Crippen molar-refractivity contribution in [1.82, 2.24) is 4.90 Å². The highest BCUT2D eigenvalue weighted by atomic mass is 19.4. The van der Waals surface area contributed by atoms with Crippen LogP contribution in [0.1, 0.15) is 25.7 Å². The molecule has 0 N–H and O–H groups in total. The van der Waals surface area contributed by atoms with Crippen molar-refractivity contribution in [3.05, 3.63) is 6.42 Å². The number of amides is 1. The average Bonchev–Trinajstić information content (AvgIpc) is 2.15. The second-order valence-electron chi connectivity index (χ2n) is 3.51. The Morgan fingerprint density at radius 1 is 1.36 bits per heavy atom. The third kappa shape index (κ3) is 2.62. The first-order valence-electron chi connectivity index (χ1n) is 4.58. The molecule has 2 nitrogen and oxygen atoms in total. The molecule has 0 heterocycles. The van der Waals surface area contributed by atoms with E-state index < -0.39 is 12.1 Å². The fourth-order valence-electron chi connectivity index (χ4n) is 1.66. The van der Waals surface area contributed by atoms with Crippen LogP contribution in [0.5, 0.6) is 0 Å². The molecule has 0 aromatic rings. The summed E-state index contributed by atoms with van der Waals surface area (Å²) in [6.07, 6.45) is 0.162. The summed E-state index contributed by atoms with van der Waals surface area (Å²) < 4.78 is 36.2. The number of carbonyl (C=O) groups is 1. The first-order chi connectivity index (χ1) is 6.43. The minimum absolute atomic E-state index is 0.255. The van der Waals surface area contributed by atoms with E-state index in [1.165, 1.54) is 7.05 Å². The summed E-state index contributed by atoms with van der Waals surface area (Å²) in [6.45, 7) is 0. The van der Waals surface area contributed by atoms with Crippen LogP contribution in [-0.2, 0) is 4.79 Å². The maximum Gasteiger partial charge on any atom is 0.471 e. The van der Waals surface area contributed by atoms with Crippen LogP contribution in [0, 0.1) is 6.42 Å². The molecule has 1 aliphatic rings. The van der Waals surface area contributed by atoms with Crippen molar-refractivity contribution in [3.63, 3.8) is 0 Å². The van der Waals surface area contributed by atoms with E-state index in [1.807, 2.05) is 6.42 Å². The van der Waals surface area contributed by atoms with Crippen LogP contribution in [0.25, 0.3) is 0 Å². The number of halogens is 3. The molecule has 0 aromatic carbocycles. The number of nitrogens with zero attached hydrogens (tertiary/aromatic N) is 1. The molecule has 0 atom stereocenters. The van der Waals surface area contributed by atoms with Gasteiger partial charge in [0.05, 0.1) is 0 Å². The van der Waals surface area contributed by atoms with E-state index >= 15 is 0 Å². The van der Waals surface area contributed by atoms with E-state index in [0.717, 1.165) is 17.7 Å². The Balaban J connectivity index is 2.55. The monoisotopic (exact) mass is 208 g/mol. The van der Waals surface area contributed by atoms with Gasteiger partial charge in [-0.05, 0) is 32.1 Å². The van der Waals surface area contributed by atoms with Crippen LogP contribution in [0.4, 0.5) is 13.2 Å². The second kappa shape index (κ2) is 4.19. The van der Waals surface area contributed by atoms with Gasteiger partial charge in [-0.1, -0.05) is 0 Å². The van der Waals surface area contributed by atoms with E-state index in [1.54, 1.807) is 0 Å². The van der Waals surface area contributed by atoms with E-state index in [-0.39, 0.29) is 6.04 Å². The Morgan fingerprint density at radius 2 is 1.86 bits per heavy atom. The second-order valence-corrected chi connectivity index (χ2v) is 3.51. The molecule has 0 bridgehead atoms. The summed E-state index contributed by atoms with van der Waals surface area (Å²) in [7, 11) is 1.23. The van der Waals surface area contributed by atoms with Crippen molar-refractivity contribution in [2.24, 2.45) is 0 Å². The van der Waals surface area contributed by atoms with Crippen LogP contribution < -0.4 is 0 Å². The third-order valence-electron chi connectivity index (χ3n) is 2.52. The van der Waals surface area contributed by atoms with Crippen molar-refractivity contribution in [2.75, 3.05) is 7.05 Å². The minimum Gasteiger partial charge on any atom is -0.335 e. The fourth-order valence-corrected chi connectivity index (χ4v) is 1.66. The average molecular weight is 208 g/mol. The van der Waals surface area contributed by atoms with Crippen LogP contribution in [-0.4, -0.2) is 30.1 Å². The quantitative estimate of drug-likeness (QED) is 0.646. The van der Waals surface area contributed by atoms with Gasteiger partial charge >= 0.3 is 12.1 Å². The van der Waals surface area contributed by atoms with E-state index in [4.69, 9.17) is 0 Å². The zero-order chi connectivity index (χ0) is 10.8. The molecule has 0 unspecified atom stereocenters. The van der Waals surface area contributed by atoms with Crippen molar-refractivity contribution in [3.8, 4) is 0 Å².